The highest BCUT2D eigenvalue weighted by atomic mass is 16.5. The van der Waals surface area contributed by atoms with Crippen LogP contribution in [0.4, 0.5) is 0 Å². The third kappa shape index (κ3) is 2.77. The van der Waals surface area contributed by atoms with Crippen LogP contribution in [-0.2, 0) is 4.74 Å². The number of nitrogens with zero attached hydrogens (tertiary/aromatic N) is 1. The Hall–Kier alpha value is -1.55. The third-order valence-corrected chi connectivity index (χ3v) is 3.15. The molecule has 1 aliphatic rings. The van der Waals surface area contributed by atoms with Gasteiger partial charge in [0.25, 0.3) is 5.91 Å². The van der Waals surface area contributed by atoms with Gasteiger partial charge in [0.1, 0.15) is 5.75 Å². The number of carbonyl (C=O) groups is 1. The molecule has 1 aromatic carbocycles. The molecule has 0 aliphatic carbocycles. The van der Waals surface area contributed by atoms with Crippen LogP contribution in [0.1, 0.15) is 23.2 Å². The molecule has 0 aromatic heterocycles. The van der Waals surface area contributed by atoms with Crippen molar-refractivity contribution in [3.05, 3.63) is 29.8 Å². The molecule has 0 spiro atoms. The highest BCUT2D eigenvalue weighted by Gasteiger charge is 2.23. The summed E-state index contributed by atoms with van der Waals surface area (Å²) in [7, 11) is 1.81. The molecule has 0 radical (unpaired) electrons. The van der Waals surface area contributed by atoms with E-state index in [1.807, 2.05) is 7.05 Å². The van der Waals surface area contributed by atoms with Crippen LogP contribution in [-0.4, -0.2) is 42.2 Å². The van der Waals surface area contributed by atoms with Gasteiger partial charge in [0.15, 0.2) is 0 Å². The van der Waals surface area contributed by atoms with Crippen molar-refractivity contribution in [2.75, 3.05) is 20.3 Å². The monoisotopic (exact) mass is 235 g/mol. The predicted molar refractivity (Wildman–Crippen MR) is 64.0 cm³/mol. The van der Waals surface area contributed by atoms with Crippen molar-refractivity contribution in [3.8, 4) is 5.75 Å². The lowest BCUT2D eigenvalue weighted by Gasteiger charge is -2.31. The fraction of sp³-hybridized carbons (Fsp3) is 0.462. The summed E-state index contributed by atoms with van der Waals surface area (Å²) in [5.41, 5.74) is 0.527. The van der Waals surface area contributed by atoms with Crippen molar-refractivity contribution in [2.24, 2.45) is 0 Å². The van der Waals surface area contributed by atoms with Crippen molar-refractivity contribution >= 4 is 5.91 Å². The summed E-state index contributed by atoms with van der Waals surface area (Å²) >= 11 is 0. The Morgan fingerprint density at radius 2 is 2.12 bits per heavy atom. The maximum atomic E-state index is 12.2. The van der Waals surface area contributed by atoms with E-state index in [1.54, 1.807) is 23.1 Å². The zero-order valence-electron chi connectivity index (χ0n) is 9.93. The first-order valence-corrected chi connectivity index (χ1v) is 5.82. The molecule has 1 heterocycles. The van der Waals surface area contributed by atoms with Crippen molar-refractivity contribution in [1.82, 2.24) is 4.90 Å². The van der Waals surface area contributed by atoms with Gasteiger partial charge in [0, 0.05) is 31.9 Å². The van der Waals surface area contributed by atoms with Crippen LogP contribution in [0.15, 0.2) is 24.3 Å². The van der Waals surface area contributed by atoms with Crippen molar-refractivity contribution < 1.29 is 14.6 Å². The summed E-state index contributed by atoms with van der Waals surface area (Å²) < 4.78 is 5.28. The van der Waals surface area contributed by atoms with Gasteiger partial charge in [-0.05, 0) is 31.0 Å². The van der Waals surface area contributed by atoms with E-state index in [1.165, 1.54) is 6.07 Å². The van der Waals surface area contributed by atoms with Gasteiger partial charge in [-0.2, -0.15) is 0 Å². The van der Waals surface area contributed by atoms with Crippen LogP contribution in [0.3, 0.4) is 0 Å². The molecule has 1 fully saturated rings. The second-order valence-electron chi connectivity index (χ2n) is 4.31. The molecule has 1 N–H and O–H groups in total. The maximum Gasteiger partial charge on any atom is 0.253 e. The first kappa shape index (κ1) is 11.9. The highest BCUT2D eigenvalue weighted by Crippen LogP contribution is 2.17. The molecule has 1 aliphatic heterocycles. The Labute approximate surface area is 101 Å². The predicted octanol–water partition coefficient (Wildman–Crippen LogP) is 1.64. The Kier molecular flexibility index (Phi) is 3.64. The van der Waals surface area contributed by atoms with Gasteiger partial charge in [-0.1, -0.05) is 6.07 Å². The second-order valence-corrected chi connectivity index (χ2v) is 4.31. The zero-order valence-corrected chi connectivity index (χ0v) is 9.93. The fourth-order valence-corrected chi connectivity index (χ4v) is 2.08. The van der Waals surface area contributed by atoms with E-state index < -0.39 is 0 Å². The van der Waals surface area contributed by atoms with E-state index in [2.05, 4.69) is 0 Å². The molecule has 0 saturated carbocycles. The smallest absolute Gasteiger partial charge is 0.253 e. The van der Waals surface area contributed by atoms with Gasteiger partial charge >= 0.3 is 0 Å². The number of amides is 1. The van der Waals surface area contributed by atoms with E-state index in [0.29, 0.717) is 18.8 Å². The summed E-state index contributed by atoms with van der Waals surface area (Å²) in [4.78, 5) is 13.9. The normalized spacial score (nSPS) is 16.8. The second kappa shape index (κ2) is 5.19. The number of hydrogen-bond donors (Lipinski definition) is 1. The first-order chi connectivity index (χ1) is 8.18. The minimum Gasteiger partial charge on any atom is -0.508 e. The number of hydrogen-bond acceptors (Lipinski definition) is 3. The molecular weight excluding hydrogens is 218 g/mol. The first-order valence-electron chi connectivity index (χ1n) is 5.82. The minimum absolute atomic E-state index is 0.0483. The van der Waals surface area contributed by atoms with E-state index in [0.717, 1.165) is 12.8 Å². The summed E-state index contributed by atoms with van der Waals surface area (Å²) in [5, 5.41) is 9.36. The van der Waals surface area contributed by atoms with Gasteiger partial charge in [0.2, 0.25) is 0 Å². The SMILES string of the molecule is CN(C(=O)c1cccc(O)c1)C1CCOCC1. The quantitative estimate of drug-likeness (QED) is 0.847. The van der Waals surface area contributed by atoms with E-state index in [4.69, 9.17) is 4.74 Å². The van der Waals surface area contributed by atoms with Crippen LogP contribution in [0.5, 0.6) is 5.75 Å². The topological polar surface area (TPSA) is 49.8 Å². The molecule has 0 bridgehead atoms. The molecule has 0 atom stereocenters. The minimum atomic E-state index is -0.0483. The molecule has 17 heavy (non-hydrogen) atoms. The molecular formula is C13H17NO3. The largest absolute Gasteiger partial charge is 0.508 e. The Bertz CT molecular complexity index is 399. The van der Waals surface area contributed by atoms with Crippen LogP contribution in [0, 0.1) is 0 Å². The number of aromatic hydroxyl groups is 1. The Morgan fingerprint density at radius 3 is 2.76 bits per heavy atom. The summed E-state index contributed by atoms with van der Waals surface area (Å²) in [6.07, 6.45) is 1.75. The number of ether oxygens (including phenoxy) is 1. The van der Waals surface area contributed by atoms with E-state index in [-0.39, 0.29) is 17.7 Å². The van der Waals surface area contributed by atoms with Gasteiger partial charge < -0.3 is 14.7 Å². The molecule has 1 amide bonds. The van der Waals surface area contributed by atoms with Gasteiger partial charge in [-0.15, -0.1) is 0 Å². The fourth-order valence-electron chi connectivity index (χ4n) is 2.08. The van der Waals surface area contributed by atoms with Crippen LogP contribution in [0.2, 0.25) is 0 Å². The molecule has 1 saturated heterocycles. The number of phenols is 1. The third-order valence-electron chi connectivity index (χ3n) is 3.15. The summed E-state index contributed by atoms with van der Waals surface area (Å²) in [6, 6.07) is 6.69. The maximum absolute atomic E-state index is 12.2. The van der Waals surface area contributed by atoms with Crippen LogP contribution >= 0.6 is 0 Å². The zero-order chi connectivity index (χ0) is 12.3. The number of benzene rings is 1. The van der Waals surface area contributed by atoms with Crippen molar-refractivity contribution in [1.29, 1.82) is 0 Å². The molecule has 4 heteroatoms. The average molecular weight is 235 g/mol. The molecule has 92 valence electrons. The van der Waals surface area contributed by atoms with Gasteiger partial charge in [0.05, 0.1) is 0 Å². The summed E-state index contributed by atoms with van der Waals surface area (Å²) in [6.45, 7) is 1.42. The average Bonchev–Trinajstić information content (AvgIpc) is 2.38. The van der Waals surface area contributed by atoms with E-state index >= 15 is 0 Å². The number of carbonyl (C=O) groups excluding carboxylic acids is 1. The van der Waals surface area contributed by atoms with E-state index in [9.17, 15) is 9.90 Å². The number of phenolic OH excluding ortho intramolecular Hbond substituents is 1. The van der Waals surface area contributed by atoms with Crippen molar-refractivity contribution in [3.63, 3.8) is 0 Å². The molecule has 1 aromatic rings. The lowest BCUT2D eigenvalue weighted by molar-refractivity contribution is 0.0362. The Balaban J connectivity index is 2.08. The molecule has 0 unspecified atom stereocenters. The standard InChI is InChI=1S/C13H17NO3/c1-14(11-5-7-17-8-6-11)13(16)10-3-2-4-12(15)9-10/h2-4,9,11,15H,5-8H2,1H3. The van der Waals surface area contributed by atoms with Gasteiger partial charge in [-0.25, -0.2) is 0 Å². The van der Waals surface area contributed by atoms with Crippen LogP contribution < -0.4 is 0 Å². The van der Waals surface area contributed by atoms with Crippen molar-refractivity contribution in [2.45, 2.75) is 18.9 Å². The molecule has 2 rings (SSSR count). The van der Waals surface area contributed by atoms with Gasteiger partial charge in [-0.3, -0.25) is 4.79 Å². The summed E-state index contributed by atoms with van der Waals surface area (Å²) in [5.74, 6) is 0.0732. The Morgan fingerprint density at radius 1 is 1.41 bits per heavy atom. The lowest BCUT2D eigenvalue weighted by Crippen LogP contribution is -2.40. The van der Waals surface area contributed by atoms with Crippen LogP contribution in [0.25, 0.3) is 0 Å². The lowest BCUT2D eigenvalue weighted by atomic mass is 10.1. The number of rotatable bonds is 2. The molecule has 4 nitrogen and oxygen atoms in total. The highest BCUT2D eigenvalue weighted by molar-refractivity contribution is 5.94.